The van der Waals surface area contributed by atoms with Crippen molar-refractivity contribution in [2.45, 2.75) is 75.8 Å². The van der Waals surface area contributed by atoms with Crippen molar-refractivity contribution in [3.05, 3.63) is 52.3 Å². The molecule has 3 aromatic rings. The first-order chi connectivity index (χ1) is 16.7. The number of amides is 1. The molecule has 0 spiro atoms. The number of fused-ring (bicyclic) bond motifs is 3. The van der Waals surface area contributed by atoms with Crippen LogP contribution in [-0.2, 0) is 10.2 Å². The molecule has 4 heterocycles. The number of hydrogen-bond acceptors (Lipinski definition) is 6. The summed E-state index contributed by atoms with van der Waals surface area (Å²) in [6, 6.07) is 2.65. The summed E-state index contributed by atoms with van der Waals surface area (Å²) in [5, 5.41) is 2.67. The highest BCUT2D eigenvalue weighted by Gasteiger charge is 2.55. The van der Waals surface area contributed by atoms with E-state index in [0.717, 1.165) is 25.0 Å². The number of aromatic nitrogens is 4. The van der Waals surface area contributed by atoms with Gasteiger partial charge < -0.3 is 19.4 Å². The lowest BCUT2D eigenvalue weighted by Crippen LogP contribution is -2.26. The minimum atomic E-state index is -1.03. The minimum absolute atomic E-state index is 0.0748. The molecule has 2 bridgehead atoms. The molecule has 10 heteroatoms. The van der Waals surface area contributed by atoms with Gasteiger partial charge >= 0.3 is 0 Å². The Morgan fingerprint density at radius 3 is 2.74 bits per heavy atom. The van der Waals surface area contributed by atoms with Gasteiger partial charge in [0.2, 0.25) is 11.7 Å². The average Bonchev–Trinajstić information content (AvgIpc) is 3.12. The van der Waals surface area contributed by atoms with Gasteiger partial charge in [-0.2, -0.15) is 4.98 Å². The number of alkyl halides is 1. The highest BCUT2D eigenvalue weighted by Crippen LogP contribution is 2.53. The van der Waals surface area contributed by atoms with E-state index < -0.39 is 23.7 Å². The summed E-state index contributed by atoms with van der Waals surface area (Å²) in [5.74, 6) is 0.0382. The zero-order chi connectivity index (χ0) is 24.5. The van der Waals surface area contributed by atoms with Crippen molar-refractivity contribution in [3.63, 3.8) is 0 Å². The number of pyridine rings is 1. The second kappa shape index (κ2) is 7.61. The Hall–Kier alpha value is -3.27. The molecule has 3 aliphatic rings. The number of ether oxygens (including phenoxy) is 2. The van der Waals surface area contributed by atoms with E-state index in [4.69, 9.17) is 14.5 Å². The van der Waals surface area contributed by atoms with Gasteiger partial charge in [0.25, 0.3) is 11.5 Å². The van der Waals surface area contributed by atoms with Crippen LogP contribution in [0.2, 0.25) is 0 Å². The number of carbonyl (C=O) groups excluding carboxylic acids is 1. The van der Waals surface area contributed by atoms with Gasteiger partial charge in [-0.05, 0) is 52.2 Å². The largest absolute Gasteiger partial charge is 0.474 e. The summed E-state index contributed by atoms with van der Waals surface area (Å²) in [7, 11) is 0. The topological polar surface area (TPSA) is 99.8 Å². The molecule has 0 aromatic carbocycles. The van der Waals surface area contributed by atoms with E-state index in [1.165, 1.54) is 16.8 Å². The molecule has 3 fully saturated rings. The van der Waals surface area contributed by atoms with Crippen LogP contribution in [0.5, 0.6) is 5.88 Å². The van der Waals surface area contributed by atoms with E-state index >= 15 is 0 Å². The molecule has 3 aromatic heterocycles. The molecule has 9 nitrogen and oxygen atoms in total. The van der Waals surface area contributed by atoms with Crippen molar-refractivity contribution in [3.8, 4) is 5.88 Å². The number of halogens is 1. The molecule has 1 saturated heterocycles. The molecule has 184 valence electrons. The number of nitrogens with zero attached hydrogens (tertiary/aromatic N) is 4. The summed E-state index contributed by atoms with van der Waals surface area (Å²) in [6.07, 6.45) is 7.01. The minimum Gasteiger partial charge on any atom is -0.474 e. The van der Waals surface area contributed by atoms with Crippen LogP contribution in [0.15, 0.2) is 35.5 Å². The van der Waals surface area contributed by atoms with Gasteiger partial charge in [-0.1, -0.05) is 0 Å². The molecular weight excluding hydrogens is 453 g/mol. The third-order valence-electron chi connectivity index (χ3n) is 7.35. The van der Waals surface area contributed by atoms with Crippen LogP contribution in [0.3, 0.4) is 0 Å². The second-order valence-corrected chi connectivity index (χ2v) is 10.6. The maximum absolute atomic E-state index is 13.5. The molecule has 0 radical (unpaired) electrons. The smallest absolute Gasteiger partial charge is 0.274 e. The molecule has 2 aliphatic carbocycles. The van der Waals surface area contributed by atoms with Gasteiger partial charge in [-0.3, -0.25) is 14.0 Å². The number of anilines is 1. The number of carbonyl (C=O) groups is 1. The van der Waals surface area contributed by atoms with Gasteiger partial charge in [0.05, 0.1) is 30.0 Å². The average molecular weight is 482 g/mol. The fourth-order valence-corrected chi connectivity index (χ4v) is 5.37. The number of imidazole rings is 1. The van der Waals surface area contributed by atoms with E-state index in [1.54, 1.807) is 16.7 Å². The Labute approximate surface area is 201 Å². The van der Waals surface area contributed by atoms with Crippen LogP contribution in [0.25, 0.3) is 5.78 Å². The normalized spacial score (nSPS) is 29.2. The van der Waals surface area contributed by atoms with Crippen molar-refractivity contribution in [1.29, 1.82) is 0 Å². The van der Waals surface area contributed by atoms with E-state index in [-0.39, 0.29) is 34.3 Å². The SMILES string of the molecule is CC(C)Oc1nc2nc([C@@]34CC[C@@](C)(C3)OC4)cn2cc1C(=O)Nc1cccn(C2CC2F)c1=O. The predicted octanol–water partition coefficient (Wildman–Crippen LogP) is 3.42. The summed E-state index contributed by atoms with van der Waals surface area (Å²) in [4.78, 5) is 35.4. The lowest BCUT2D eigenvalue weighted by molar-refractivity contribution is -0.00627. The molecule has 2 unspecified atom stereocenters. The van der Waals surface area contributed by atoms with Gasteiger partial charge in [0.15, 0.2) is 0 Å². The van der Waals surface area contributed by atoms with Crippen molar-refractivity contribution < 1.29 is 18.7 Å². The highest BCUT2D eigenvalue weighted by atomic mass is 19.1. The van der Waals surface area contributed by atoms with Crippen molar-refractivity contribution in [2.75, 3.05) is 11.9 Å². The van der Waals surface area contributed by atoms with Crippen LogP contribution in [0, 0.1) is 0 Å². The van der Waals surface area contributed by atoms with Crippen molar-refractivity contribution in [1.82, 2.24) is 18.9 Å². The molecule has 2 saturated carbocycles. The van der Waals surface area contributed by atoms with E-state index in [0.29, 0.717) is 18.8 Å². The van der Waals surface area contributed by atoms with Gasteiger partial charge in [0.1, 0.15) is 17.4 Å². The fourth-order valence-electron chi connectivity index (χ4n) is 5.37. The summed E-state index contributed by atoms with van der Waals surface area (Å²) in [5.41, 5.74) is 0.458. The Kier molecular flexibility index (Phi) is 4.83. The second-order valence-electron chi connectivity index (χ2n) is 10.6. The summed E-state index contributed by atoms with van der Waals surface area (Å²) in [6.45, 7) is 6.45. The Balaban J connectivity index is 1.35. The quantitative estimate of drug-likeness (QED) is 0.579. The van der Waals surface area contributed by atoms with Crippen LogP contribution >= 0.6 is 0 Å². The lowest BCUT2D eigenvalue weighted by Gasteiger charge is -2.24. The van der Waals surface area contributed by atoms with Gasteiger partial charge in [-0.15, -0.1) is 0 Å². The fraction of sp³-hybridized carbons (Fsp3) is 0.520. The van der Waals surface area contributed by atoms with Gasteiger partial charge in [-0.25, -0.2) is 9.37 Å². The maximum Gasteiger partial charge on any atom is 0.274 e. The zero-order valence-corrected chi connectivity index (χ0v) is 20.0. The zero-order valence-electron chi connectivity index (χ0n) is 20.0. The van der Waals surface area contributed by atoms with Crippen molar-refractivity contribution >= 4 is 17.4 Å². The molecule has 1 N–H and O–H groups in total. The highest BCUT2D eigenvalue weighted by molar-refractivity contribution is 6.05. The van der Waals surface area contributed by atoms with Crippen molar-refractivity contribution in [2.24, 2.45) is 0 Å². The van der Waals surface area contributed by atoms with Crippen LogP contribution in [0.1, 0.15) is 68.5 Å². The number of nitrogens with one attached hydrogen (secondary N) is 1. The molecule has 6 rings (SSSR count). The molecule has 1 aliphatic heterocycles. The maximum atomic E-state index is 13.5. The van der Waals surface area contributed by atoms with Crippen LogP contribution in [-0.4, -0.2) is 49.3 Å². The lowest BCUT2D eigenvalue weighted by atomic mass is 9.84. The Morgan fingerprint density at radius 1 is 1.31 bits per heavy atom. The molecule has 35 heavy (non-hydrogen) atoms. The van der Waals surface area contributed by atoms with E-state index in [1.807, 2.05) is 20.0 Å². The third-order valence-corrected chi connectivity index (χ3v) is 7.35. The van der Waals surface area contributed by atoms with E-state index in [9.17, 15) is 14.0 Å². The molecule has 1 amide bonds. The number of hydrogen-bond donors (Lipinski definition) is 1. The predicted molar refractivity (Wildman–Crippen MR) is 126 cm³/mol. The Morgan fingerprint density at radius 2 is 2.11 bits per heavy atom. The number of rotatable bonds is 6. The molecular formula is C25H28FN5O4. The van der Waals surface area contributed by atoms with Crippen LogP contribution in [0.4, 0.5) is 10.1 Å². The summed E-state index contributed by atoms with van der Waals surface area (Å²) < 4.78 is 28.5. The Bertz CT molecular complexity index is 1390. The third kappa shape index (κ3) is 3.71. The molecule has 4 atom stereocenters. The van der Waals surface area contributed by atoms with E-state index in [2.05, 4.69) is 17.2 Å². The first kappa shape index (κ1) is 22.2. The van der Waals surface area contributed by atoms with Crippen LogP contribution < -0.4 is 15.6 Å². The monoisotopic (exact) mass is 481 g/mol. The standard InChI is InChI=1S/C25H28FN5O4/c1-14(2)35-21-15(20(32)27-17-5-4-8-31(22(17)33)18-9-16(18)26)10-30-11-19(28-23(30)29-21)25-7-6-24(3,12-25)34-13-25/h4-5,8,10-11,14,16,18H,6-7,9,12-13H2,1-3H3,(H,27,32)/t16?,18?,24-,25-/m0/s1. The summed E-state index contributed by atoms with van der Waals surface area (Å²) >= 11 is 0. The first-order valence-electron chi connectivity index (χ1n) is 12.0. The van der Waals surface area contributed by atoms with Gasteiger partial charge in [0, 0.05) is 30.4 Å². The first-order valence-corrected chi connectivity index (χ1v) is 12.0.